The first kappa shape index (κ1) is 14.3. The second-order valence-corrected chi connectivity index (χ2v) is 5.42. The fraction of sp³-hybridized carbons (Fsp3) is 0.462. The third kappa shape index (κ3) is 3.35. The maximum atomic E-state index is 12.1. The molecule has 0 saturated carbocycles. The third-order valence-corrected chi connectivity index (χ3v) is 3.90. The van der Waals surface area contributed by atoms with E-state index < -0.39 is 0 Å². The van der Waals surface area contributed by atoms with Gasteiger partial charge >= 0.3 is 0 Å². The number of amides is 1. The van der Waals surface area contributed by atoms with Crippen molar-refractivity contribution >= 4 is 34.3 Å². The van der Waals surface area contributed by atoms with Crippen molar-refractivity contribution < 1.29 is 14.6 Å². The van der Waals surface area contributed by atoms with Gasteiger partial charge in [-0.25, -0.2) is 0 Å². The summed E-state index contributed by atoms with van der Waals surface area (Å²) < 4.78 is 13.7. The molecule has 2 N–H and O–H groups in total. The summed E-state index contributed by atoms with van der Waals surface area (Å²) in [5, 5.41) is 12.0. The molecule has 0 aliphatic carbocycles. The fourth-order valence-electron chi connectivity index (χ4n) is 2.33. The third-order valence-electron chi connectivity index (χ3n) is 3.35. The van der Waals surface area contributed by atoms with Crippen LogP contribution < -0.4 is 5.32 Å². The molecule has 21 heavy (non-hydrogen) atoms. The number of hydrogen-bond acceptors (Lipinski definition) is 6. The van der Waals surface area contributed by atoms with E-state index in [-0.39, 0.29) is 25.2 Å². The lowest BCUT2D eigenvalue weighted by atomic mass is 10.2. The molecule has 2 aliphatic rings. The first-order valence-electron chi connectivity index (χ1n) is 6.72. The lowest BCUT2D eigenvalue weighted by Gasteiger charge is -2.31. The number of benzene rings is 1. The Balaban J connectivity index is 1.60. The van der Waals surface area contributed by atoms with Crippen LogP contribution in [0.25, 0.3) is 0 Å². The summed E-state index contributed by atoms with van der Waals surface area (Å²) in [7, 11) is 0. The molecule has 7 nitrogen and oxygen atoms in total. The van der Waals surface area contributed by atoms with Gasteiger partial charge in [0.2, 0.25) is 5.91 Å². The van der Waals surface area contributed by atoms with Crippen LogP contribution in [0.2, 0.25) is 0 Å². The van der Waals surface area contributed by atoms with E-state index in [1.54, 1.807) is 0 Å². The van der Waals surface area contributed by atoms with Gasteiger partial charge in [0.25, 0.3) is 0 Å². The van der Waals surface area contributed by atoms with E-state index in [2.05, 4.69) is 14.0 Å². The highest BCUT2D eigenvalue weighted by Gasteiger charge is 2.22. The Morgan fingerprint density at radius 1 is 1.52 bits per heavy atom. The first-order valence-corrected chi connectivity index (χ1v) is 7.45. The van der Waals surface area contributed by atoms with Gasteiger partial charge in [-0.15, -0.1) is 0 Å². The van der Waals surface area contributed by atoms with E-state index in [0.29, 0.717) is 31.1 Å². The minimum atomic E-state index is -0.210. The quantitative estimate of drug-likeness (QED) is 0.884. The summed E-state index contributed by atoms with van der Waals surface area (Å²) in [6.45, 7) is 2.03. The topological polar surface area (TPSA) is 86.5 Å². The number of rotatable bonds is 4. The normalized spacial score (nSPS) is 20.9. The summed E-state index contributed by atoms with van der Waals surface area (Å²) in [5.41, 5.74) is 2.17. The van der Waals surface area contributed by atoms with Crippen LogP contribution in [-0.2, 0) is 20.9 Å². The molecule has 1 fully saturated rings. The van der Waals surface area contributed by atoms with Crippen molar-refractivity contribution in [3.8, 4) is 0 Å². The molecule has 1 atom stereocenters. The molecule has 0 radical (unpaired) electrons. The summed E-state index contributed by atoms with van der Waals surface area (Å²) in [4.78, 5) is 14.1. The van der Waals surface area contributed by atoms with Crippen molar-refractivity contribution in [2.45, 2.75) is 6.10 Å². The second-order valence-electron chi connectivity index (χ2n) is 4.90. The Kier molecular flexibility index (Phi) is 4.39. The highest BCUT2D eigenvalue weighted by molar-refractivity contribution is 7.58. The molecule has 3 rings (SSSR count). The number of anilines is 1. The van der Waals surface area contributed by atoms with Crippen molar-refractivity contribution in [2.24, 2.45) is 8.73 Å². The Labute approximate surface area is 125 Å². The number of carbonyl (C=O) groups is 1. The molecule has 0 bridgehead atoms. The molecule has 2 aliphatic heterocycles. The first-order chi connectivity index (χ1) is 10.3. The predicted molar refractivity (Wildman–Crippen MR) is 79.9 cm³/mol. The van der Waals surface area contributed by atoms with Crippen molar-refractivity contribution in [1.82, 2.24) is 4.90 Å². The van der Waals surface area contributed by atoms with Gasteiger partial charge in [-0.2, -0.15) is 8.73 Å². The Morgan fingerprint density at radius 3 is 3.29 bits per heavy atom. The van der Waals surface area contributed by atoms with Gasteiger partial charge in [0.05, 0.1) is 42.9 Å². The minimum absolute atomic E-state index is 0.0259. The number of nitrogens with zero attached hydrogens (tertiary/aromatic N) is 3. The van der Waals surface area contributed by atoms with Crippen molar-refractivity contribution in [1.29, 1.82) is 0 Å². The number of aliphatic hydroxyl groups is 1. The smallest absolute Gasteiger partial charge is 0.238 e. The molecule has 0 aromatic heterocycles. The fourth-order valence-corrected chi connectivity index (χ4v) is 2.88. The molecule has 1 unspecified atom stereocenters. The largest absolute Gasteiger partial charge is 0.394 e. The zero-order chi connectivity index (χ0) is 14.7. The average Bonchev–Trinajstić information content (AvgIpc) is 2.97. The summed E-state index contributed by atoms with van der Waals surface area (Å²) in [6.07, 6.45) is -0.210. The lowest BCUT2D eigenvalue weighted by molar-refractivity contribution is -0.120. The van der Waals surface area contributed by atoms with E-state index in [1.165, 1.54) is 0 Å². The standard InChI is InChI=1S/C13H16N4O3S/c18-8-9-6-17(4-5-20-9)7-12(19)14-10-2-1-3-11-13(10)16-21-15-11/h1-3,9,18H,4-8H2,(H,14,19). The van der Waals surface area contributed by atoms with Crippen LogP contribution in [0.3, 0.4) is 0 Å². The number of hydrogen-bond donors (Lipinski definition) is 2. The van der Waals surface area contributed by atoms with E-state index in [9.17, 15) is 4.79 Å². The van der Waals surface area contributed by atoms with Gasteiger partial charge in [0.1, 0.15) is 11.4 Å². The molecule has 8 heteroatoms. The van der Waals surface area contributed by atoms with E-state index >= 15 is 0 Å². The van der Waals surface area contributed by atoms with Crippen molar-refractivity contribution in [2.75, 3.05) is 38.2 Å². The Bertz CT molecular complexity index is 615. The molecule has 1 amide bonds. The zero-order valence-electron chi connectivity index (χ0n) is 11.4. The van der Waals surface area contributed by atoms with Crippen molar-refractivity contribution in [3.05, 3.63) is 18.2 Å². The average molecular weight is 308 g/mol. The van der Waals surface area contributed by atoms with Crippen LogP contribution in [0, 0.1) is 0 Å². The molecule has 112 valence electrons. The Morgan fingerprint density at radius 2 is 2.43 bits per heavy atom. The molecule has 1 aromatic carbocycles. The van der Waals surface area contributed by atoms with Crippen LogP contribution in [0.4, 0.5) is 17.1 Å². The van der Waals surface area contributed by atoms with Gasteiger partial charge in [-0.3, -0.25) is 9.69 Å². The van der Waals surface area contributed by atoms with Crippen LogP contribution in [-0.4, -0.2) is 54.9 Å². The second kappa shape index (κ2) is 6.44. The van der Waals surface area contributed by atoms with E-state index in [1.807, 2.05) is 23.1 Å². The summed E-state index contributed by atoms with van der Waals surface area (Å²) in [6, 6.07) is 5.52. The number of ether oxygens (including phenoxy) is 1. The SMILES string of the molecule is O=C(CN1CCOC(CO)C1)Nc1cccc2c1N=S=N2. The number of aliphatic hydroxyl groups excluding tert-OH is 1. The maximum absolute atomic E-state index is 12.1. The summed E-state index contributed by atoms with van der Waals surface area (Å²) >= 11 is 1.13. The van der Waals surface area contributed by atoms with Gasteiger partial charge in [-0.1, -0.05) is 6.07 Å². The van der Waals surface area contributed by atoms with Gasteiger partial charge in [-0.05, 0) is 12.1 Å². The molecular formula is C13H16N4O3S. The van der Waals surface area contributed by atoms with Gasteiger partial charge in [0.15, 0.2) is 0 Å². The van der Waals surface area contributed by atoms with Crippen LogP contribution in [0.15, 0.2) is 26.9 Å². The predicted octanol–water partition coefficient (Wildman–Crippen LogP) is 1.04. The van der Waals surface area contributed by atoms with E-state index in [4.69, 9.17) is 9.84 Å². The number of morpholine rings is 1. The van der Waals surface area contributed by atoms with Crippen molar-refractivity contribution in [3.63, 3.8) is 0 Å². The van der Waals surface area contributed by atoms with Gasteiger partial charge in [0, 0.05) is 13.1 Å². The monoisotopic (exact) mass is 308 g/mol. The van der Waals surface area contributed by atoms with Crippen LogP contribution in [0.1, 0.15) is 0 Å². The zero-order valence-corrected chi connectivity index (χ0v) is 12.2. The highest BCUT2D eigenvalue weighted by atomic mass is 32.1. The number of carbonyl (C=O) groups excluding carboxylic acids is 1. The number of fused-ring (bicyclic) bond motifs is 1. The number of nitrogens with one attached hydrogen (secondary N) is 1. The van der Waals surface area contributed by atoms with Crippen LogP contribution >= 0.6 is 0 Å². The minimum Gasteiger partial charge on any atom is -0.394 e. The van der Waals surface area contributed by atoms with E-state index in [0.717, 1.165) is 17.0 Å². The molecule has 1 saturated heterocycles. The summed E-state index contributed by atoms with van der Waals surface area (Å²) in [5.74, 6) is -0.103. The van der Waals surface area contributed by atoms with Crippen LogP contribution in [0.5, 0.6) is 0 Å². The highest BCUT2D eigenvalue weighted by Crippen LogP contribution is 2.38. The molecule has 0 spiro atoms. The molecule has 1 aromatic rings. The molecular weight excluding hydrogens is 292 g/mol. The molecule has 2 heterocycles. The van der Waals surface area contributed by atoms with Gasteiger partial charge < -0.3 is 15.2 Å². The Hall–Kier alpha value is -1.61. The maximum Gasteiger partial charge on any atom is 0.238 e. The lowest BCUT2D eigenvalue weighted by Crippen LogP contribution is -2.46.